The van der Waals surface area contributed by atoms with Crippen LogP contribution >= 0.6 is 11.6 Å². The summed E-state index contributed by atoms with van der Waals surface area (Å²) in [5, 5.41) is 0. The highest BCUT2D eigenvalue weighted by Crippen LogP contribution is 2.43. The monoisotopic (exact) mass is 454 g/mol. The van der Waals surface area contributed by atoms with Gasteiger partial charge in [0.05, 0.1) is 5.88 Å². The normalized spacial score (nSPS) is 17.0. The highest BCUT2D eigenvalue weighted by Gasteiger charge is 2.37. The fourth-order valence-corrected chi connectivity index (χ4v) is 5.59. The van der Waals surface area contributed by atoms with Crippen molar-refractivity contribution in [1.82, 2.24) is 0 Å². The van der Waals surface area contributed by atoms with Gasteiger partial charge in [0.1, 0.15) is 6.17 Å². The average molecular weight is 455 g/mol. The van der Waals surface area contributed by atoms with Crippen LogP contribution in [0.1, 0.15) is 107 Å². The molecule has 0 saturated carbocycles. The molecule has 2 aromatic carbocycles. The Balaban J connectivity index is 2.18. The highest BCUT2D eigenvalue weighted by atomic mass is 35.5. The van der Waals surface area contributed by atoms with Crippen molar-refractivity contribution in [3.63, 3.8) is 0 Å². The molecule has 3 rings (SSSR count). The van der Waals surface area contributed by atoms with Gasteiger partial charge in [-0.05, 0) is 52.8 Å². The fraction of sp³-hybridized carbons (Fsp3) is 0.586. The van der Waals surface area contributed by atoms with Crippen LogP contribution in [0, 0.1) is 6.92 Å². The number of benzene rings is 2. The number of rotatable bonds is 7. The van der Waals surface area contributed by atoms with E-state index in [-0.39, 0.29) is 6.17 Å². The topological polar surface area (TPSA) is 6.48 Å². The minimum absolute atomic E-state index is 0.159. The second-order valence-electron chi connectivity index (χ2n) is 10.7. The molecule has 2 aromatic rings. The molecule has 3 heteroatoms. The lowest BCUT2D eigenvalue weighted by Crippen LogP contribution is -2.42. The summed E-state index contributed by atoms with van der Waals surface area (Å²) in [6.07, 6.45) is 0.159. The number of nitrogens with zero attached hydrogens (tertiary/aromatic N) is 2. The van der Waals surface area contributed by atoms with E-state index in [1.165, 1.54) is 39.2 Å². The SMILES string of the molecule is Cc1cc(C(C)C)c(N2CCN(c3c(C(C)C)cccc3C(C)C)C2CCl)c(C(C)C)c1. The van der Waals surface area contributed by atoms with Crippen LogP contribution in [0.3, 0.4) is 0 Å². The molecule has 1 heterocycles. The van der Waals surface area contributed by atoms with Gasteiger partial charge in [-0.1, -0.05) is 91.3 Å². The number of anilines is 2. The molecule has 0 radical (unpaired) electrons. The summed E-state index contributed by atoms with van der Waals surface area (Å²) in [6.45, 7) is 22.7. The Labute approximate surface area is 202 Å². The van der Waals surface area contributed by atoms with E-state index >= 15 is 0 Å². The predicted molar refractivity (Wildman–Crippen MR) is 143 cm³/mol. The Morgan fingerprint density at radius 2 is 1.09 bits per heavy atom. The third-order valence-corrected chi connectivity index (χ3v) is 7.19. The van der Waals surface area contributed by atoms with Gasteiger partial charge in [-0.3, -0.25) is 0 Å². The van der Waals surface area contributed by atoms with Crippen molar-refractivity contribution >= 4 is 23.0 Å². The average Bonchev–Trinajstić information content (AvgIpc) is 3.15. The fourth-order valence-electron chi connectivity index (χ4n) is 5.26. The third kappa shape index (κ3) is 4.67. The quantitative estimate of drug-likeness (QED) is 0.387. The smallest absolute Gasteiger partial charge is 0.115 e. The van der Waals surface area contributed by atoms with Crippen molar-refractivity contribution in [2.24, 2.45) is 0 Å². The molecule has 0 bridgehead atoms. The molecular weight excluding hydrogens is 412 g/mol. The van der Waals surface area contributed by atoms with E-state index < -0.39 is 0 Å². The summed E-state index contributed by atoms with van der Waals surface area (Å²) in [4.78, 5) is 5.21. The minimum Gasteiger partial charge on any atom is -0.348 e. The molecule has 0 aromatic heterocycles. The molecule has 2 nitrogen and oxygen atoms in total. The first kappa shape index (κ1) is 25.0. The van der Waals surface area contributed by atoms with Crippen molar-refractivity contribution in [3.8, 4) is 0 Å². The van der Waals surface area contributed by atoms with E-state index in [0.29, 0.717) is 29.6 Å². The van der Waals surface area contributed by atoms with Gasteiger partial charge in [-0.15, -0.1) is 11.6 Å². The number of aryl methyl sites for hydroxylation is 1. The lowest BCUT2D eigenvalue weighted by atomic mass is 9.89. The Morgan fingerprint density at radius 3 is 1.44 bits per heavy atom. The van der Waals surface area contributed by atoms with E-state index in [2.05, 4.69) is 102 Å². The first-order chi connectivity index (χ1) is 15.1. The van der Waals surface area contributed by atoms with Gasteiger partial charge in [0.25, 0.3) is 0 Å². The summed E-state index contributed by atoms with van der Waals surface area (Å²) < 4.78 is 0. The van der Waals surface area contributed by atoms with Crippen molar-refractivity contribution in [2.75, 3.05) is 28.8 Å². The Morgan fingerprint density at radius 1 is 0.719 bits per heavy atom. The maximum atomic E-state index is 6.77. The zero-order valence-corrected chi connectivity index (χ0v) is 22.4. The van der Waals surface area contributed by atoms with Gasteiger partial charge < -0.3 is 9.80 Å². The van der Waals surface area contributed by atoms with Crippen LogP contribution in [0.5, 0.6) is 0 Å². The first-order valence-electron chi connectivity index (χ1n) is 12.4. The van der Waals surface area contributed by atoms with Gasteiger partial charge in [0.2, 0.25) is 0 Å². The standard InChI is InChI=1S/C29H43ClN2/c1-18(2)23-11-10-12-24(19(3)4)28(23)31-13-14-32(27(31)17-30)29-25(20(5)6)15-22(9)16-26(29)21(7)8/h10-12,15-16,18-21,27H,13-14,17H2,1-9H3. The molecule has 1 fully saturated rings. The summed E-state index contributed by atoms with van der Waals surface area (Å²) in [5.41, 5.74) is 9.96. The number of halogens is 1. The molecule has 0 spiro atoms. The molecule has 0 N–H and O–H groups in total. The number of hydrogen-bond donors (Lipinski definition) is 0. The molecule has 32 heavy (non-hydrogen) atoms. The molecule has 176 valence electrons. The Hall–Kier alpha value is -1.67. The van der Waals surface area contributed by atoms with E-state index in [4.69, 9.17) is 11.6 Å². The molecule has 0 aliphatic carbocycles. The Kier molecular flexibility index (Phi) is 7.86. The van der Waals surface area contributed by atoms with Crippen LogP contribution in [0.4, 0.5) is 11.4 Å². The van der Waals surface area contributed by atoms with Crippen LogP contribution in [0.2, 0.25) is 0 Å². The summed E-state index contributed by atoms with van der Waals surface area (Å²) in [7, 11) is 0. The van der Waals surface area contributed by atoms with Gasteiger partial charge in [-0.25, -0.2) is 0 Å². The van der Waals surface area contributed by atoms with Crippen LogP contribution in [-0.4, -0.2) is 25.1 Å². The number of para-hydroxylation sites is 1. The largest absolute Gasteiger partial charge is 0.348 e. The first-order valence-corrected chi connectivity index (χ1v) is 13.0. The maximum absolute atomic E-state index is 6.77. The van der Waals surface area contributed by atoms with Crippen molar-refractivity contribution in [2.45, 2.75) is 92.2 Å². The van der Waals surface area contributed by atoms with Gasteiger partial charge in [0, 0.05) is 24.5 Å². The summed E-state index contributed by atoms with van der Waals surface area (Å²) in [6, 6.07) is 11.6. The van der Waals surface area contributed by atoms with Crippen LogP contribution in [-0.2, 0) is 0 Å². The van der Waals surface area contributed by atoms with Gasteiger partial charge in [0.15, 0.2) is 0 Å². The molecular formula is C29H43ClN2. The second-order valence-corrected chi connectivity index (χ2v) is 11.0. The molecule has 1 saturated heterocycles. The molecule has 1 atom stereocenters. The zero-order valence-electron chi connectivity index (χ0n) is 21.7. The predicted octanol–water partition coefficient (Wildman–Crippen LogP) is 8.38. The lowest BCUT2D eigenvalue weighted by molar-refractivity contribution is 0.704. The van der Waals surface area contributed by atoms with Crippen LogP contribution in [0.15, 0.2) is 30.3 Å². The highest BCUT2D eigenvalue weighted by molar-refractivity contribution is 6.18. The summed E-state index contributed by atoms with van der Waals surface area (Å²) >= 11 is 6.77. The van der Waals surface area contributed by atoms with Crippen molar-refractivity contribution in [1.29, 1.82) is 0 Å². The summed E-state index contributed by atoms with van der Waals surface area (Å²) in [5.74, 6) is 2.49. The third-order valence-electron chi connectivity index (χ3n) is 6.91. The van der Waals surface area contributed by atoms with Gasteiger partial charge >= 0.3 is 0 Å². The number of hydrogen-bond acceptors (Lipinski definition) is 2. The van der Waals surface area contributed by atoms with Crippen molar-refractivity contribution < 1.29 is 0 Å². The van der Waals surface area contributed by atoms with E-state index in [1.54, 1.807) is 0 Å². The van der Waals surface area contributed by atoms with Crippen LogP contribution < -0.4 is 9.80 Å². The molecule has 0 amide bonds. The maximum Gasteiger partial charge on any atom is 0.115 e. The molecule has 1 unspecified atom stereocenters. The van der Waals surface area contributed by atoms with Crippen molar-refractivity contribution in [3.05, 3.63) is 58.1 Å². The van der Waals surface area contributed by atoms with E-state index in [9.17, 15) is 0 Å². The van der Waals surface area contributed by atoms with Crippen LogP contribution in [0.25, 0.3) is 0 Å². The Bertz CT molecular complexity index is 873. The molecule has 1 aliphatic heterocycles. The second kappa shape index (κ2) is 10.1. The van der Waals surface area contributed by atoms with E-state index in [1.807, 2.05) is 0 Å². The lowest BCUT2D eigenvalue weighted by Gasteiger charge is -2.37. The minimum atomic E-state index is 0.159. The van der Waals surface area contributed by atoms with Gasteiger partial charge in [-0.2, -0.15) is 0 Å². The molecule has 1 aliphatic rings. The zero-order chi connectivity index (χ0) is 23.7. The number of alkyl halides is 1. The van der Waals surface area contributed by atoms with E-state index in [0.717, 1.165) is 13.1 Å².